The first-order chi connectivity index (χ1) is 20.5. The molecule has 0 spiro atoms. The summed E-state index contributed by atoms with van der Waals surface area (Å²) in [6.45, 7) is 2.73. The van der Waals surface area contributed by atoms with Gasteiger partial charge in [-0.25, -0.2) is 0 Å². The fourth-order valence-corrected chi connectivity index (χ4v) is 5.51. The molecule has 0 aliphatic heterocycles. The highest BCUT2D eigenvalue weighted by atomic mass is 19.4. The van der Waals surface area contributed by atoms with Crippen molar-refractivity contribution in [3.05, 3.63) is 101 Å². The Hall–Kier alpha value is -4.57. The molecule has 2 unspecified atom stereocenters. The Morgan fingerprint density at radius 3 is 2.16 bits per heavy atom. The van der Waals surface area contributed by atoms with Crippen molar-refractivity contribution >= 4 is 27.7 Å². The second kappa shape index (κ2) is 12.0. The van der Waals surface area contributed by atoms with E-state index in [0.717, 1.165) is 10.9 Å². The second-order valence-electron chi connectivity index (χ2n) is 10.8. The van der Waals surface area contributed by atoms with Crippen molar-refractivity contribution in [2.45, 2.75) is 45.3 Å². The summed E-state index contributed by atoms with van der Waals surface area (Å²) < 4.78 is 49.0. The average Bonchev–Trinajstić information content (AvgIpc) is 3.30. The molecule has 0 aliphatic carbocycles. The molecule has 2 N–H and O–H groups in total. The van der Waals surface area contributed by atoms with Crippen LogP contribution in [0.25, 0.3) is 33.1 Å². The van der Waals surface area contributed by atoms with Crippen molar-refractivity contribution in [1.82, 2.24) is 14.5 Å². The lowest BCUT2D eigenvalue weighted by Gasteiger charge is -2.29. The van der Waals surface area contributed by atoms with Crippen molar-refractivity contribution in [1.29, 1.82) is 0 Å². The minimum Gasteiger partial charge on any atom is -0.495 e. The number of aliphatic hydroxyl groups is 1. The van der Waals surface area contributed by atoms with Crippen LogP contribution in [0.2, 0.25) is 0 Å². The number of carbonyl (C=O) groups is 1. The van der Waals surface area contributed by atoms with Gasteiger partial charge in [-0.1, -0.05) is 86.6 Å². The number of ether oxygens (including phenoxy) is 1. The summed E-state index contributed by atoms with van der Waals surface area (Å²) in [6, 6.07) is 24.4. The topological polar surface area (TPSA) is 85.5 Å². The molecule has 0 radical (unpaired) electrons. The van der Waals surface area contributed by atoms with E-state index in [2.05, 4.69) is 5.32 Å². The molecule has 0 saturated carbocycles. The fourth-order valence-electron chi connectivity index (χ4n) is 5.51. The molecule has 5 aromatic rings. The molecule has 2 atom stereocenters. The number of hydrogen-bond donors (Lipinski definition) is 2. The number of methoxy groups -OCH3 is 1. The number of amides is 1. The summed E-state index contributed by atoms with van der Waals surface area (Å²) in [6.07, 6.45) is -7.69. The Morgan fingerprint density at radius 2 is 1.56 bits per heavy atom. The predicted octanol–water partition coefficient (Wildman–Crippen LogP) is 5.74. The molecule has 1 amide bonds. The van der Waals surface area contributed by atoms with E-state index in [9.17, 15) is 27.9 Å². The molecule has 7 nitrogen and oxygen atoms in total. The summed E-state index contributed by atoms with van der Waals surface area (Å²) in [7, 11) is 1.55. The van der Waals surface area contributed by atoms with E-state index in [1.807, 2.05) is 65.2 Å². The number of benzene rings is 3. The Labute approximate surface area is 246 Å². The zero-order chi connectivity index (χ0) is 30.9. The van der Waals surface area contributed by atoms with Crippen molar-refractivity contribution in [2.75, 3.05) is 7.11 Å². The highest BCUT2D eigenvalue weighted by Crippen LogP contribution is 2.36. The third-order valence-electron chi connectivity index (χ3n) is 7.60. The van der Waals surface area contributed by atoms with E-state index in [-0.39, 0.29) is 0 Å². The monoisotopic (exact) mass is 591 g/mol. The van der Waals surface area contributed by atoms with Crippen LogP contribution < -0.4 is 15.6 Å². The van der Waals surface area contributed by atoms with Crippen molar-refractivity contribution in [3.63, 3.8) is 0 Å². The van der Waals surface area contributed by atoms with Gasteiger partial charge in [-0.15, -0.1) is 0 Å². The molecule has 2 aromatic heterocycles. The quantitative estimate of drug-likeness (QED) is 0.229. The van der Waals surface area contributed by atoms with E-state index in [1.165, 1.54) is 18.4 Å². The summed E-state index contributed by atoms with van der Waals surface area (Å²) in [4.78, 5) is 27.7. The Kier molecular flexibility index (Phi) is 8.32. The van der Waals surface area contributed by atoms with Gasteiger partial charge in [-0.2, -0.15) is 13.2 Å². The number of halogens is 3. The van der Waals surface area contributed by atoms with Gasteiger partial charge >= 0.3 is 6.18 Å². The van der Waals surface area contributed by atoms with Crippen LogP contribution in [0.5, 0.6) is 5.75 Å². The summed E-state index contributed by atoms with van der Waals surface area (Å²) in [5.74, 6) is -0.992. The molecule has 0 saturated heterocycles. The zero-order valence-electron chi connectivity index (χ0n) is 23.9. The van der Waals surface area contributed by atoms with Crippen molar-refractivity contribution in [2.24, 2.45) is 5.92 Å². The number of rotatable bonds is 9. The highest BCUT2D eigenvalue weighted by molar-refractivity contribution is 6.10. The molecule has 0 bridgehead atoms. The molecular formula is C33H32F3N3O4. The normalized spacial score (nSPS) is 13.4. The number of nitrogens with one attached hydrogen (secondary N) is 1. The molecule has 2 heterocycles. The largest absolute Gasteiger partial charge is 0.495 e. The van der Waals surface area contributed by atoms with Gasteiger partial charge < -0.3 is 19.7 Å². The van der Waals surface area contributed by atoms with Gasteiger partial charge in [0, 0.05) is 17.3 Å². The standard InChI is InChI=1S/C33H32F3N3O4/c1-20(2)28(31(41)33(34,35)36)37-27(40)19-38-25(22-13-8-5-9-14-22)17-24-23-15-10-16-26(43-3)29(23)39(30(24)32(38)42)18-21-11-6-4-7-12-21/h4-17,20,28,31,41H,18-19H2,1-3H3,(H,37,40). The minimum absolute atomic E-state index is 0.326. The Bertz CT molecular complexity index is 1810. The number of para-hydroxylation sites is 1. The van der Waals surface area contributed by atoms with E-state index < -0.39 is 42.3 Å². The van der Waals surface area contributed by atoms with Crippen LogP contribution in [-0.2, 0) is 17.9 Å². The number of fused-ring (bicyclic) bond motifs is 3. The van der Waals surface area contributed by atoms with Crippen LogP contribution in [0.1, 0.15) is 19.4 Å². The van der Waals surface area contributed by atoms with Gasteiger partial charge in [0.25, 0.3) is 5.56 Å². The van der Waals surface area contributed by atoms with Gasteiger partial charge in [-0.3, -0.25) is 14.2 Å². The molecule has 0 aliphatic rings. The maximum absolute atomic E-state index is 14.4. The first-order valence-corrected chi connectivity index (χ1v) is 13.9. The molecule has 43 heavy (non-hydrogen) atoms. The van der Waals surface area contributed by atoms with Gasteiger partial charge in [0.1, 0.15) is 17.8 Å². The summed E-state index contributed by atoms with van der Waals surface area (Å²) in [5.41, 5.74) is 2.55. The van der Waals surface area contributed by atoms with E-state index >= 15 is 0 Å². The second-order valence-corrected chi connectivity index (χ2v) is 10.8. The van der Waals surface area contributed by atoms with Gasteiger partial charge in [0.2, 0.25) is 5.91 Å². The number of pyridine rings is 1. The highest BCUT2D eigenvalue weighted by Gasteiger charge is 2.45. The maximum atomic E-state index is 14.4. The van der Waals surface area contributed by atoms with E-state index in [1.54, 1.807) is 31.4 Å². The van der Waals surface area contributed by atoms with Crippen LogP contribution >= 0.6 is 0 Å². The lowest BCUT2D eigenvalue weighted by atomic mass is 9.98. The predicted molar refractivity (Wildman–Crippen MR) is 160 cm³/mol. The number of aromatic nitrogens is 2. The first-order valence-electron chi connectivity index (χ1n) is 13.9. The molecule has 3 aromatic carbocycles. The molecule has 10 heteroatoms. The lowest BCUT2D eigenvalue weighted by molar-refractivity contribution is -0.215. The van der Waals surface area contributed by atoms with Gasteiger partial charge in [0.05, 0.1) is 24.4 Å². The van der Waals surface area contributed by atoms with Crippen LogP contribution in [0.3, 0.4) is 0 Å². The first kappa shape index (κ1) is 29.9. The van der Waals surface area contributed by atoms with Crippen LogP contribution in [-0.4, -0.2) is 45.6 Å². The van der Waals surface area contributed by atoms with Crippen LogP contribution in [0.4, 0.5) is 13.2 Å². The Morgan fingerprint density at radius 1 is 0.907 bits per heavy atom. The molecule has 5 rings (SSSR count). The van der Waals surface area contributed by atoms with Crippen molar-refractivity contribution < 1.29 is 27.8 Å². The zero-order valence-corrected chi connectivity index (χ0v) is 23.9. The number of aliphatic hydroxyl groups excluding tert-OH is 1. The maximum Gasteiger partial charge on any atom is 0.416 e. The smallest absolute Gasteiger partial charge is 0.416 e. The number of alkyl halides is 3. The fraction of sp³-hybridized carbons (Fsp3) is 0.273. The Balaban J connectivity index is 1.73. The van der Waals surface area contributed by atoms with Gasteiger partial charge in [0.15, 0.2) is 6.10 Å². The lowest BCUT2D eigenvalue weighted by Crippen LogP contribution is -2.53. The van der Waals surface area contributed by atoms with Gasteiger partial charge in [-0.05, 0) is 29.2 Å². The molecular weight excluding hydrogens is 559 g/mol. The SMILES string of the molecule is COc1cccc2c3cc(-c4ccccc4)n(CC(=O)NC(C(C)C)C(O)C(F)(F)F)c(=O)c3n(Cc3ccccc3)c12. The van der Waals surface area contributed by atoms with Crippen LogP contribution in [0, 0.1) is 5.92 Å². The summed E-state index contributed by atoms with van der Waals surface area (Å²) in [5, 5.41) is 13.7. The van der Waals surface area contributed by atoms with E-state index in [0.29, 0.717) is 40.0 Å². The number of nitrogens with zero attached hydrogens (tertiary/aromatic N) is 2. The summed E-state index contributed by atoms with van der Waals surface area (Å²) >= 11 is 0. The third kappa shape index (κ3) is 5.87. The number of carbonyl (C=O) groups excluding carboxylic acids is 1. The average molecular weight is 592 g/mol. The van der Waals surface area contributed by atoms with Crippen LogP contribution in [0.15, 0.2) is 89.7 Å². The minimum atomic E-state index is -4.93. The molecule has 0 fully saturated rings. The van der Waals surface area contributed by atoms with E-state index in [4.69, 9.17) is 4.74 Å². The van der Waals surface area contributed by atoms with Crippen molar-refractivity contribution in [3.8, 4) is 17.0 Å². The number of hydrogen-bond acceptors (Lipinski definition) is 4. The molecule has 224 valence electrons. The third-order valence-corrected chi connectivity index (χ3v) is 7.60.